The van der Waals surface area contributed by atoms with Gasteiger partial charge in [-0.15, -0.1) is 0 Å². The van der Waals surface area contributed by atoms with E-state index in [1.54, 1.807) is 12.4 Å². The zero-order valence-electron chi connectivity index (χ0n) is 13.3. The fraction of sp³-hybridized carbons (Fsp3) is 0.647. The summed E-state index contributed by atoms with van der Waals surface area (Å²) in [6.45, 7) is 8.05. The smallest absolute Gasteiger partial charge is 0.211 e. The van der Waals surface area contributed by atoms with Crippen LogP contribution in [0.15, 0.2) is 24.5 Å². The first-order valence-electron chi connectivity index (χ1n) is 8.01. The van der Waals surface area contributed by atoms with Crippen LogP contribution in [-0.2, 0) is 13.1 Å². The Bertz CT molecular complexity index is 570. The molecular weight excluding hydrogens is 292 g/mol. The molecule has 2 unspecified atom stereocenters. The third kappa shape index (κ3) is 4.50. The Kier molecular flexibility index (Phi) is 6.07. The van der Waals surface area contributed by atoms with E-state index in [-0.39, 0.29) is 7.43 Å². The van der Waals surface area contributed by atoms with Crippen LogP contribution in [0.25, 0.3) is 0 Å². The lowest BCUT2D eigenvalue weighted by molar-refractivity contribution is 0.260. The van der Waals surface area contributed by atoms with Crippen molar-refractivity contribution >= 4 is 0 Å². The van der Waals surface area contributed by atoms with Crippen LogP contribution in [0.3, 0.4) is 0 Å². The molecule has 0 aromatic carbocycles. The van der Waals surface area contributed by atoms with Crippen molar-refractivity contribution in [3.63, 3.8) is 0 Å². The number of nitrogens with zero attached hydrogens (tertiary/aromatic N) is 4. The lowest BCUT2D eigenvalue weighted by atomic mass is 10.1. The number of hydrogen-bond acceptors (Lipinski definition) is 4. The van der Waals surface area contributed by atoms with Crippen molar-refractivity contribution in [1.29, 1.82) is 0 Å². The van der Waals surface area contributed by atoms with Gasteiger partial charge in [-0.3, -0.25) is 0 Å². The third-order valence-corrected chi connectivity index (χ3v) is 4.05. The van der Waals surface area contributed by atoms with Crippen LogP contribution in [0.4, 0.5) is 0 Å². The van der Waals surface area contributed by atoms with Crippen molar-refractivity contribution in [3.8, 4) is 11.8 Å². The van der Waals surface area contributed by atoms with Crippen LogP contribution in [-0.4, -0.2) is 32.8 Å². The van der Waals surface area contributed by atoms with Gasteiger partial charge in [0.2, 0.25) is 11.8 Å². The summed E-state index contributed by atoms with van der Waals surface area (Å²) in [5, 5.41) is 8.30. The van der Waals surface area contributed by atoms with Crippen LogP contribution in [0, 0.1) is 11.8 Å². The molecule has 6 heteroatoms. The quantitative estimate of drug-likeness (QED) is 0.748. The lowest BCUT2D eigenvalue weighted by Crippen LogP contribution is -2.05. The molecule has 2 aromatic heterocycles. The molecule has 4 heterocycles. The second-order valence-corrected chi connectivity index (χ2v) is 6.19. The Balaban J connectivity index is 0.000000160. The fourth-order valence-electron chi connectivity index (χ4n) is 2.60. The second kappa shape index (κ2) is 8.04. The summed E-state index contributed by atoms with van der Waals surface area (Å²) in [6.07, 6.45) is 5.86. The average molecular weight is 320 g/mol. The normalized spacial score (nSPS) is 22.5. The van der Waals surface area contributed by atoms with Gasteiger partial charge in [0, 0.05) is 25.2 Å². The zero-order chi connectivity index (χ0) is 15.4. The first-order chi connectivity index (χ1) is 10.7. The van der Waals surface area contributed by atoms with E-state index in [0.29, 0.717) is 11.8 Å². The molecule has 4 rings (SSSR count). The van der Waals surface area contributed by atoms with Crippen molar-refractivity contribution in [2.24, 2.45) is 11.8 Å². The summed E-state index contributed by atoms with van der Waals surface area (Å²) < 4.78 is 14.8. The van der Waals surface area contributed by atoms with Crippen molar-refractivity contribution < 1.29 is 9.47 Å². The van der Waals surface area contributed by atoms with Gasteiger partial charge >= 0.3 is 0 Å². The van der Waals surface area contributed by atoms with Crippen molar-refractivity contribution in [2.75, 3.05) is 13.2 Å². The van der Waals surface area contributed by atoms with Crippen molar-refractivity contribution in [3.05, 3.63) is 24.5 Å². The molecule has 128 valence electrons. The van der Waals surface area contributed by atoms with Gasteiger partial charge in [-0.2, -0.15) is 10.2 Å². The summed E-state index contributed by atoms with van der Waals surface area (Å²) in [6, 6.07) is 3.83. The van der Waals surface area contributed by atoms with E-state index in [2.05, 4.69) is 24.0 Å². The highest BCUT2D eigenvalue weighted by Gasteiger charge is 2.13. The van der Waals surface area contributed by atoms with Gasteiger partial charge in [0.1, 0.15) is 0 Å². The number of ether oxygens (including phenoxy) is 2. The molecule has 23 heavy (non-hydrogen) atoms. The molecule has 0 aliphatic carbocycles. The summed E-state index contributed by atoms with van der Waals surface area (Å²) in [5.74, 6) is 3.15. The number of aryl methyl sites for hydroxylation is 1. The molecule has 0 saturated heterocycles. The molecule has 0 spiro atoms. The van der Waals surface area contributed by atoms with Crippen molar-refractivity contribution in [2.45, 2.75) is 47.2 Å². The standard InChI is InChI=1S/2C8H12N2O.CH4/c1-7-3-5-11-8-2-4-9-10(8)6-7;1-7-3-5-10-8(11-6-7)2-4-9-10;/h2*2,4,7H,3,5-6H2,1H3;1H4. The Morgan fingerprint density at radius 1 is 0.957 bits per heavy atom. The first-order valence-corrected chi connectivity index (χ1v) is 8.01. The maximum Gasteiger partial charge on any atom is 0.211 e. The highest BCUT2D eigenvalue weighted by molar-refractivity contribution is 5.08. The Hall–Kier alpha value is -1.98. The minimum Gasteiger partial charge on any atom is -0.478 e. The molecule has 6 nitrogen and oxygen atoms in total. The predicted molar refractivity (Wildman–Crippen MR) is 89.7 cm³/mol. The average Bonchev–Trinajstić information content (AvgIpc) is 3.05. The topological polar surface area (TPSA) is 54.1 Å². The molecule has 2 atom stereocenters. The number of hydrogen-bond donors (Lipinski definition) is 0. The number of aromatic nitrogens is 4. The maximum absolute atomic E-state index is 5.50. The van der Waals surface area contributed by atoms with Crippen LogP contribution >= 0.6 is 0 Å². The molecule has 0 amide bonds. The molecule has 0 saturated carbocycles. The molecule has 0 N–H and O–H groups in total. The van der Waals surface area contributed by atoms with Gasteiger partial charge in [-0.1, -0.05) is 21.3 Å². The van der Waals surface area contributed by atoms with Crippen LogP contribution in [0.1, 0.15) is 34.1 Å². The molecular formula is C17H28N4O2. The van der Waals surface area contributed by atoms with Crippen molar-refractivity contribution in [1.82, 2.24) is 19.6 Å². The lowest BCUT2D eigenvalue weighted by Gasteiger charge is -2.04. The van der Waals surface area contributed by atoms with E-state index in [0.717, 1.165) is 50.9 Å². The highest BCUT2D eigenvalue weighted by atomic mass is 16.5. The van der Waals surface area contributed by atoms with Gasteiger partial charge in [0.25, 0.3) is 0 Å². The van der Waals surface area contributed by atoms with Gasteiger partial charge in [0.15, 0.2) is 0 Å². The van der Waals surface area contributed by atoms with E-state index in [1.165, 1.54) is 0 Å². The monoisotopic (exact) mass is 320 g/mol. The number of fused-ring (bicyclic) bond motifs is 2. The van der Waals surface area contributed by atoms with Gasteiger partial charge in [-0.05, 0) is 24.7 Å². The largest absolute Gasteiger partial charge is 0.478 e. The van der Waals surface area contributed by atoms with E-state index in [9.17, 15) is 0 Å². The molecule has 2 aliphatic heterocycles. The molecule has 0 fully saturated rings. The summed E-state index contributed by atoms with van der Waals surface area (Å²) in [7, 11) is 0. The molecule has 0 radical (unpaired) electrons. The third-order valence-electron chi connectivity index (χ3n) is 4.05. The fourth-order valence-corrected chi connectivity index (χ4v) is 2.60. The molecule has 0 bridgehead atoms. The van der Waals surface area contributed by atoms with Gasteiger partial charge in [-0.25, -0.2) is 9.36 Å². The van der Waals surface area contributed by atoms with E-state index < -0.39 is 0 Å². The first kappa shape index (κ1) is 17.4. The maximum atomic E-state index is 5.50. The van der Waals surface area contributed by atoms with Crippen LogP contribution < -0.4 is 9.47 Å². The van der Waals surface area contributed by atoms with Gasteiger partial charge in [0.05, 0.1) is 25.6 Å². The molecule has 2 aliphatic rings. The van der Waals surface area contributed by atoms with Crippen LogP contribution in [0.5, 0.6) is 11.8 Å². The van der Waals surface area contributed by atoms with Gasteiger partial charge < -0.3 is 9.47 Å². The van der Waals surface area contributed by atoms with E-state index >= 15 is 0 Å². The second-order valence-electron chi connectivity index (χ2n) is 6.19. The van der Waals surface area contributed by atoms with Crippen LogP contribution in [0.2, 0.25) is 0 Å². The zero-order valence-corrected chi connectivity index (χ0v) is 13.3. The minimum atomic E-state index is 0. The highest BCUT2D eigenvalue weighted by Crippen LogP contribution is 2.18. The van der Waals surface area contributed by atoms with E-state index in [1.807, 2.05) is 21.5 Å². The Morgan fingerprint density at radius 3 is 2.43 bits per heavy atom. The molecule has 2 aromatic rings. The SMILES string of the molecule is C.CC1CCOc2ccnn2C1.CC1CCn2nccc2OC1. The minimum absolute atomic E-state index is 0. The predicted octanol–water partition coefficient (Wildman–Crippen LogP) is 3.24. The summed E-state index contributed by atoms with van der Waals surface area (Å²) in [5.41, 5.74) is 0. The summed E-state index contributed by atoms with van der Waals surface area (Å²) >= 11 is 0. The number of rotatable bonds is 0. The Labute approximate surface area is 138 Å². The van der Waals surface area contributed by atoms with E-state index in [4.69, 9.17) is 9.47 Å². The summed E-state index contributed by atoms with van der Waals surface area (Å²) in [4.78, 5) is 0. The Morgan fingerprint density at radius 2 is 1.65 bits per heavy atom.